The van der Waals surface area contributed by atoms with Gasteiger partial charge in [0.25, 0.3) is 0 Å². The van der Waals surface area contributed by atoms with Crippen molar-refractivity contribution in [3.8, 4) is 26.6 Å². The average molecular weight is 668 g/mol. The van der Waals surface area contributed by atoms with Gasteiger partial charge >= 0.3 is 211 Å². The molecule has 1 nitrogen and oxygen atoms in total. The Hall–Kier alpha value is 0.0174. The van der Waals surface area contributed by atoms with E-state index in [1.54, 1.807) is 5.79 Å². The van der Waals surface area contributed by atoms with Crippen LogP contribution >= 0.6 is 22.7 Å². The fourth-order valence-electron chi connectivity index (χ4n) is 3.67. The summed E-state index contributed by atoms with van der Waals surface area (Å²) < 4.78 is 9.73. The number of rotatable bonds is 10. The molecule has 0 bridgehead atoms. The van der Waals surface area contributed by atoms with E-state index in [-0.39, 0.29) is 0 Å². The fourth-order valence-corrected chi connectivity index (χ4v) is 15.6. The zero-order valence-electron chi connectivity index (χ0n) is 20.3. The van der Waals surface area contributed by atoms with Crippen LogP contribution in [0.1, 0.15) is 38.2 Å². The van der Waals surface area contributed by atoms with Crippen LogP contribution in [0.15, 0.2) is 36.4 Å². The quantitative estimate of drug-likeness (QED) is 0.160. The third kappa shape index (κ3) is 6.77. The number of hydrogen-bond acceptors (Lipinski definition) is 3. The Balaban J connectivity index is 1.98. The summed E-state index contributed by atoms with van der Waals surface area (Å²) >= 11 is 0.495. The van der Waals surface area contributed by atoms with Gasteiger partial charge in [-0.25, -0.2) is 0 Å². The van der Waals surface area contributed by atoms with Crippen LogP contribution in [-0.2, 0) is 0 Å². The minimum absolute atomic E-state index is 0.810. The first-order valence-corrected chi connectivity index (χ1v) is 31.5. The third-order valence-corrected chi connectivity index (χ3v) is 25.2. The Labute approximate surface area is 208 Å². The normalized spacial score (nSPS) is 12.0. The Morgan fingerprint density at radius 3 is 2.19 bits per heavy atom. The number of ether oxygens (including phenoxy) is 1. The number of hydrogen-bond donors (Lipinski definition) is 0. The van der Waals surface area contributed by atoms with E-state index >= 15 is 0 Å². The molecule has 168 valence electrons. The predicted molar refractivity (Wildman–Crippen MR) is 149 cm³/mol. The minimum atomic E-state index is -2.06. The van der Waals surface area contributed by atoms with Gasteiger partial charge in [-0.05, 0) is 0 Å². The Morgan fingerprint density at radius 1 is 0.871 bits per heavy atom. The van der Waals surface area contributed by atoms with Gasteiger partial charge in [-0.2, -0.15) is 0 Å². The Morgan fingerprint density at radius 2 is 1.58 bits per heavy atom. The van der Waals surface area contributed by atoms with Crippen LogP contribution in [0, 0.1) is 6.92 Å². The molecular formula is C26H38OS2Sn2. The summed E-state index contributed by atoms with van der Waals surface area (Å²) in [5.74, 6) is 1.07. The summed E-state index contributed by atoms with van der Waals surface area (Å²) in [5.41, 5.74) is 3.99. The van der Waals surface area contributed by atoms with E-state index in [2.05, 4.69) is 74.9 Å². The van der Waals surface area contributed by atoms with Crippen molar-refractivity contribution in [2.75, 3.05) is 6.61 Å². The van der Waals surface area contributed by atoms with Gasteiger partial charge in [-0.1, -0.05) is 0 Å². The Kier molecular flexibility index (Phi) is 9.46. The molecule has 0 saturated heterocycles. The van der Waals surface area contributed by atoms with Crippen molar-refractivity contribution in [2.45, 2.75) is 64.2 Å². The molecule has 0 radical (unpaired) electrons. The van der Waals surface area contributed by atoms with Crippen molar-refractivity contribution in [1.82, 2.24) is 0 Å². The molecule has 0 spiro atoms. The van der Waals surface area contributed by atoms with Crippen molar-refractivity contribution in [1.29, 1.82) is 0 Å². The van der Waals surface area contributed by atoms with Crippen molar-refractivity contribution in [3.63, 3.8) is 0 Å². The van der Waals surface area contributed by atoms with Gasteiger partial charge in [0.2, 0.25) is 0 Å². The van der Waals surface area contributed by atoms with Crippen molar-refractivity contribution < 1.29 is 4.74 Å². The summed E-state index contributed by atoms with van der Waals surface area (Å²) in [6, 6.07) is 14.1. The SMILES string of the molecule is CCCCCCOc1cc(-c2cc[c]([SnH]([CH3])[CH3])s2)c(C)cc1-c1cc[c]([Sn]([CH3])([CH3])[CH3])s1. The molecule has 2 aromatic heterocycles. The fraction of sp³-hybridized carbons (Fsp3) is 0.462. The van der Waals surface area contributed by atoms with E-state index in [1.165, 1.54) is 45.7 Å². The van der Waals surface area contributed by atoms with Crippen LogP contribution in [0.4, 0.5) is 0 Å². The maximum absolute atomic E-state index is 6.45. The molecule has 0 saturated carbocycles. The molecule has 0 unspecified atom stereocenters. The molecule has 3 rings (SSSR count). The molecule has 0 N–H and O–H groups in total. The predicted octanol–water partition coefficient (Wildman–Crippen LogP) is 7.65. The molecular weight excluding hydrogens is 630 g/mol. The third-order valence-electron chi connectivity index (χ3n) is 5.65. The van der Waals surface area contributed by atoms with Crippen LogP contribution in [0.3, 0.4) is 0 Å². The molecule has 0 aliphatic rings. The molecule has 5 heteroatoms. The topological polar surface area (TPSA) is 9.23 Å². The second-order valence-corrected chi connectivity index (χ2v) is 37.0. The molecule has 0 atom stereocenters. The zero-order valence-corrected chi connectivity index (χ0v) is 28.1. The standard InChI is InChI=1S/C21H22OS2.5CH3.2Sn.H/c1-3-4-5-6-11-22-19-15-17(20-9-7-12-23-20)16(2)14-18(19)21-10-8-13-24-21;;;;;;;;/h7-10,14-15H,3-6,11H2,1-2H3;5*1H3;;;. The summed E-state index contributed by atoms with van der Waals surface area (Å²) in [7, 11) is 0. The molecule has 0 fully saturated rings. The van der Waals surface area contributed by atoms with Gasteiger partial charge in [0.05, 0.1) is 0 Å². The van der Waals surface area contributed by atoms with Crippen molar-refractivity contribution in [2.24, 2.45) is 0 Å². The molecule has 0 amide bonds. The molecule has 31 heavy (non-hydrogen) atoms. The molecule has 0 aliphatic heterocycles. The number of benzene rings is 1. The average Bonchev–Trinajstić information content (AvgIpc) is 3.38. The van der Waals surface area contributed by atoms with Crippen molar-refractivity contribution >= 4 is 66.6 Å². The summed E-state index contributed by atoms with van der Waals surface area (Å²) in [6.45, 7) is 5.33. The van der Waals surface area contributed by atoms with Gasteiger partial charge in [-0.3, -0.25) is 0 Å². The summed E-state index contributed by atoms with van der Waals surface area (Å²) in [6.07, 6.45) is 4.94. The number of thiophene rings is 2. The maximum atomic E-state index is 6.45. The van der Waals surface area contributed by atoms with Crippen LogP contribution in [0.25, 0.3) is 20.9 Å². The molecule has 2 heterocycles. The first kappa shape index (κ1) is 25.6. The van der Waals surface area contributed by atoms with Gasteiger partial charge < -0.3 is 0 Å². The van der Waals surface area contributed by atoms with Crippen LogP contribution < -0.4 is 10.5 Å². The van der Waals surface area contributed by atoms with Crippen LogP contribution in [0.5, 0.6) is 5.75 Å². The van der Waals surface area contributed by atoms with Crippen molar-refractivity contribution in [3.05, 3.63) is 42.0 Å². The molecule has 1 aromatic carbocycles. The van der Waals surface area contributed by atoms with Gasteiger partial charge in [-0.15, -0.1) is 0 Å². The molecule has 3 aromatic rings. The zero-order chi connectivity index (χ0) is 22.6. The summed E-state index contributed by atoms with van der Waals surface area (Å²) in [4.78, 5) is 15.2. The second-order valence-electron chi connectivity index (χ2n) is 9.84. The second kappa shape index (κ2) is 11.4. The Bertz CT molecular complexity index is 995. The first-order valence-electron chi connectivity index (χ1n) is 11.7. The van der Waals surface area contributed by atoms with Gasteiger partial charge in [0, 0.05) is 0 Å². The van der Waals surface area contributed by atoms with E-state index in [1.807, 2.05) is 22.7 Å². The van der Waals surface area contributed by atoms with Crippen LogP contribution in [-0.4, -0.2) is 44.7 Å². The number of unbranched alkanes of at least 4 members (excludes halogenated alkanes) is 3. The van der Waals surface area contributed by atoms with E-state index < -0.39 is 38.1 Å². The van der Waals surface area contributed by atoms with E-state index in [9.17, 15) is 0 Å². The van der Waals surface area contributed by atoms with E-state index in [0.717, 1.165) is 18.8 Å². The summed E-state index contributed by atoms with van der Waals surface area (Å²) in [5, 5.41) is 0. The van der Waals surface area contributed by atoms with Crippen LogP contribution in [0.2, 0.25) is 24.7 Å². The van der Waals surface area contributed by atoms with Gasteiger partial charge in [0.15, 0.2) is 0 Å². The van der Waals surface area contributed by atoms with E-state index in [0.29, 0.717) is 0 Å². The first-order chi connectivity index (χ1) is 14.7. The molecule has 0 aliphatic carbocycles. The number of aryl methyl sites for hydroxylation is 1. The monoisotopic (exact) mass is 670 g/mol. The van der Waals surface area contributed by atoms with E-state index in [4.69, 9.17) is 4.74 Å². The van der Waals surface area contributed by atoms with Gasteiger partial charge in [0.1, 0.15) is 0 Å².